The zero-order valence-corrected chi connectivity index (χ0v) is 44.0. The van der Waals surface area contributed by atoms with Crippen molar-refractivity contribution in [2.45, 2.75) is 109 Å². The standard InChI is InChI=1S/C64H64FN7O4/c1-7-43-25-27-44(28-26-43)40-74-59-57(56-42(3)54(65)35-55-53(56)38-72(68-55)64(46-19-11-8-12-20-46,47-21-13-9-14-22-47)48-23-15-10-16-24-48)51(45-29-30-45)34-52-58(59)66-61(75-39-41(2)69-31-17-18-32-69)67-60(52)70-36-50-33-49(70)37-71(50)62(73)76-63(4,5)6/h1,8-16,19-28,34-35,38,41,45,49-50H,17-18,29-33,36-37,39-40H2,2-6H3/t41-,49-,50-/m0/s1. The van der Waals surface area contributed by atoms with E-state index in [-0.39, 0.29) is 48.6 Å². The van der Waals surface area contributed by atoms with Crippen LogP contribution in [-0.4, -0.2) is 92.2 Å². The van der Waals surface area contributed by atoms with Crippen LogP contribution in [0.1, 0.15) is 105 Å². The molecule has 3 saturated heterocycles. The van der Waals surface area contributed by atoms with E-state index in [1.807, 2.05) is 79.7 Å². The first-order valence-electron chi connectivity index (χ1n) is 26.9. The van der Waals surface area contributed by atoms with Gasteiger partial charge >= 0.3 is 12.1 Å². The van der Waals surface area contributed by atoms with E-state index in [0.717, 1.165) is 101 Å². The quantitative estimate of drug-likeness (QED) is 0.0779. The predicted octanol–water partition coefficient (Wildman–Crippen LogP) is 12.4. The fourth-order valence-corrected chi connectivity index (χ4v) is 12.1. The SMILES string of the molecule is C#Cc1ccc(COc2c(-c3c(C)c(F)cc4nn(C(c5ccccc5)(c5ccccc5)c5ccccc5)cc34)c(C3CC3)cc3c(N4C[C@@H]5C[C@H]4CN5C(=O)OC(C)(C)C)nc(OC[C@H](C)N4CCCC4)nc23)cc1. The van der Waals surface area contributed by atoms with Gasteiger partial charge in [-0.25, -0.2) is 9.18 Å². The van der Waals surface area contributed by atoms with Crippen molar-refractivity contribution in [2.75, 3.05) is 37.7 Å². The Morgan fingerprint density at radius 2 is 1.45 bits per heavy atom. The van der Waals surface area contributed by atoms with E-state index in [4.69, 9.17) is 35.7 Å². The lowest BCUT2D eigenvalue weighted by molar-refractivity contribution is 0.0214. The molecular formula is C64H64FN7O4. The molecule has 3 atom stereocenters. The average molecular weight is 1010 g/mol. The van der Waals surface area contributed by atoms with Gasteiger partial charge in [0.15, 0.2) is 5.75 Å². The smallest absolute Gasteiger partial charge is 0.410 e. The fraction of sp³-hybridized carbons (Fsp3) is 0.344. The van der Waals surface area contributed by atoms with E-state index < -0.39 is 11.1 Å². The Bertz CT molecular complexity index is 3390. The fourth-order valence-electron chi connectivity index (χ4n) is 12.1. The molecule has 4 aliphatic rings. The molecule has 11 nitrogen and oxygen atoms in total. The number of terminal acetylenes is 1. The predicted molar refractivity (Wildman–Crippen MR) is 296 cm³/mol. The first-order valence-corrected chi connectivity index (χ1v) is 26.9. The van der Waals surface area contributed by atoms with Crippen LogP contribution in [-0.2, 0) is 16.9 Å². The number of amides is 1. The summed E-state index contributed by atoms with van der Waals surface area (Å²) in [4.78, 5) is 30.9. The molecule has 12 heteroatoms. The van der Waals surface area contributed by atoms with Gasteiger partial charge in [-0.05, 0) is 137 Å². The van der Waals surface area contributed by atoms with E-state index in [1.165, 1.54) is 0 Å². The van der Waals surface area contributed by atoms with Crippen molar-refractivity contribution in [3.05, 3.63) is 178 Å². The van der Waals surface area contributed by atoms with Crippen molar-refractivity contribution >= 4 is 33.7 Å². The molecule has 4 fully saturated rings. The molecule has 8 aromatic rings. The molecule has 12 rings (SSSR count). The Morgan fingerprint density at radius 1 is 0.803 bits per heavy atom. The second-order valence-corrected chi connectivity index (χ2v) is 22.2. The monoisotopic (exact) mass is 1010 g/mol. The summed E-state index contributed by atoms with van der Waals surface area (Å²) in [5.41, 5.74) is 7.19. The van der Waals surface area contributed by atoms with Gasteiger partial charge < -0.3 is 24.0 Å². The van der Waals surface area contributed by atoms with Gasteiger partial charge in [-0.3, -0.25) is 9.58 Å². The molecule has 6 aromatic carbocycles. The van der Waals surface area contributed by atoms with Gasteiger partial charge in [-0.1, -0.05) is 109 Å². The average Bonchev–Trinajstić information content (AvgIpc) is 3.86. The van der Waals surface area contributed by atoms with Gasteiger partial charge in [0.25, 0.3) is 0 Å². The first-order chi connectivity index (χ1) is 36.9. The van der Waals surface area contributed by atoms with Gasteiger partial charge in [0, 0.05) is 58.9 Å². The molecule has 0 N–H and O–H groups in total. The molecule has 3 aliphatic heterocycles. The third kappa shape index (κ3) is 8.98. The Kier molecular flexibility index (Phi) is 12.8. The highest BCUT2D eigenvalue weighted by Gasteiger charge is 2.48. The summed E-state index contributed by atoms with van der Waals surface area (Å²) in [7, 11) is 0. The van der Waals surface area contributed by atoms with Gasteiger partial charge in [0.2, 0.25) is 0 Å². The van der Waals surface area contributed by atoms with Gasteiger partial charge in [-0.15, -0.1) is 6.42 Å². The molecular weight excluding hydrogens is 950 g/mol. The van der Waals surface area contributed by atoms with Crippen molar-refractivity contribution in [1.29, 1.82) is 0 Å². The molecule has 1 saturated carbocycles. The van der Waals surface area contributed by atoms with Crippen molar-refractivity contribution in [3.63, 3.8) is 0 Å². The van der Waals surface area contributed by atoms with Crippen LogP contribution in [0.15, 0.2) is 134 Å². The van der Waals surface area contributed by atoms with Crippen LogP contribution in [0.25, 0.3) is 32.9 Å². The minimum Gasteiger partial charge on any atom is -0.486 e. The largest absolute Gasteiger partial charge is 0.486 e. The van der Waals surface area contributed by atoms with E-state index in [1.54, 1.807) is 6.07 Å². The summed E-state index contributed by atoms with van der Waals surface area (Å²) in [6, 6.07) is 43.1. The highest BCUT2D eigenvalue weighted by molar-refractivity contribution is 6.06. The Balaban J connectivity index is 1.10. The van der Waals surface area contributed by atoms with Crippen LogP contribution in [0, 0.1) is 25.1 Å². The summed E-state index contributed by atoms with van der Waals surface area (Å²) in [6.45, 7) is 13.4. The Hall–Kier alpha value is -7.75. The minimum atomic E-state index is -0.953. The van der Waals surface area contributed by atoms with Crippen LogP contribution in [0.5, 0.6) is 11.8 Å². The van der Waals surface area contributed by atoms with Crippen LogP contribution in [0.2, 0.25) is 0 Å². The Morgan fingerprint density at radius 3 is 2.03 bits per heavy atom. The van der Waals surface area contributed by atoms with Crippen LogP contribution in [0.4, 0.5) is 15.0 Å². The van der Waals surface area contributed by atoms with Crippen molar-refractivity contribution in [3.8, 4) is 35.2 Å². The number of carbonyl (C=O) groups excluding carboxylic acids is 1. The van der Waals surface area contributed by atoms with Gasteiger partial charge in [0.1, 0.15) is 41.5 Å². The number of anilines is 1. The minimum absolute atomic E-state index is 0.0230. The maximum Gasteiger partial charge on any atom is 0.410 e. The van der Waals surface area contributed by atoms with E-state index in [0.29, 0.717) is 47.6 Å². The molecule has 0 unspecified atom stereocenters. The van der Waals surface area contributed by atoms with E-state index >= 15 is 4.39 Å². The third-order valence-electron chi connectivity index (χ3n) is 16.0. The topological polar surface area (TPSA) is 98.1 Å². The molecule has 2 bridgehead atoms. The molecule has 76 heavy (non-hydrogen) atoms. The third-order valence-corrected chi connectivity index (χ3v) is 16.0. The molecule has 1 amide bonds. The van der Waals surface area contributed by atoms with Crippen LogP contribution >= 0.6 is 0 Å². The summed E-state index contributed by atoms with van der Waals surface area (Å²) >= 11 is 0. The number of piperazine rings is 1. The van der Waals surface area contributed by atoms with Crippen LogP contribution < -0.4 is 14.4 Å². The number of nitrogens with zero attached hydrogens (tertiary/aromatic N) is 7. The first kappa shape index (κ1) is 49.1. The molecule has 1 aliphatic carbocycles. The number of aromatic nitrogens is 4. The highest BCUT2D eigenvalue weighted by atomic mass is 19.1. The van der Waals surface area contributed by atoms with E-state index in [2.05, 4.69) is 108 Å². The lowest BCUT2D eigenvalue weighted by atomic mass is 9.77. The zero-order chi connectivity index (χ0) is 52.3. The molecule has 0 spiro atoms. The maximum atomic E-state index is 17.3. The van der Waals surface area contributed by atoms with Crippen molar-refractivity contribution < 1.29 is 23.4 Å². The molecule has 0 radical (unpaired) electrons. The van der Waals surface area contributed by atoms with Crippen molar-refractivity contribution in [2.24, 2.45) is 0 Å². The summed E-state index contributed by atoms with van der Waals surface area (Å²) in [5.74, 6) is 3.77. The highest BCUT2D eigenvalue weighted by Crippen LogP contribution is 2.54. The van der Waals surface area contributed by atoms with Gasteiger partial charge in [-0.2, -0.15) is 15.1 Å². The van der Waals surface area contributed by atoms with Crippen LogP contribution in [0.3, 0.4) is 0 Å². The summed E-state index contributed by atoms with van der Waals surface area (Å²) < 4.78 is 39.2. The number of likely N-dealkylation sites (tertiary alicyclic amines) is 2. The molecule has 5 heterocycles. The maximum absolute atomic E-state index is 17.3. The number of ether oxygens (including phenoxy) is 3. The van der Waals surface area contributed by atoms with Crippen molar-refractivity contribution in [1.82, 2.24) is 29.5 Å². The molecule has 2 aromatic heterocycles. The van der Waals surface area contributed by atoms with Gasteiger partial charge in [0.05, 0.1) is 17.6 Å². The second-order valence-electron chi connectivity index (χ2n) is 22.2. The normalized spacial score (nSPS) is 18.1. The number of hydrogen-bond donors (Lipinski definition) is 0. The number of carbonyl (C=O) groups is 1. The lowest BCUT2D eigenvalue weighted by Gasteiger charge is -2.36. The second kappa shape index (κ2) is 19.7. The summed E-state index contributed by atoms with van der Waals surface area (Å²) in [6.07, 6.45) is 12.6. The Labute approximate surface area is 444 Å². The lowest BCUT2D eigenvalue weighted by Crippen LogP contribution is -2.50. The summed E-state index contributed by atoms with van der Waals surface area (Å²) in [5, 5.41) is 7.03. The number of fused-ring (bicyclic) bond motifs is 4. The number of hydrogen-bond acceptors (Lipinski definition) is 9. The van der Waals surface area contributed by atoms with E-state index in [9.17, 15) is 4.79 Å². The zero-order valence-electron chi connectivity index (χ0n) is 44.0. The number of benzene rings is 6. The molecule has 386 valence electrons. The number of halogens is 1. The number of rotatable bonds is 14.